The Hall–Kier alpha value is -0.570. The van der Waals surface area contributed by atoms with Crippen molar-refractivity contribution >= 4 is 21.6 Å². The topological polar surface area (TPSA) is 24.9 Å². The van der Waals surface area contributed by atoms with Gasteiger partial charge in [-0.15, -0.1) is 0 Å². The summed E-state index contributed by atoms with van der Waals surface area (Å²) in [5.41, 5.74) is 3.32. The highest BCUT2D eigenvalue weighted by atomic mass is 79.9. The molecule has 1 N–H and O–H groups in total. The first-order valence-electron chi connectivity index (χ1n) is 3.46. The Kier molecular flexibility index (Phi) is 2.49. The van der Waals surface area contributed by atoms with Crippen LogP contribution in [0.2, 0.25) is 0 Å². The van der Waals surface area contributed by atoms with Gasteiger partial charge in [0.15, 0.2) is 0 Å². The van der Waals surface area contributed by atoms with E-state index >= 15 is 0 Å². The van der Waals surface area contributed by atoms with Crippen LogP contribution >= 0.6 is 15.9 Å². The van der Waals surface area contributed by atoms with Gasteiger partial charge >= 0.3 is 0 Å². The van der Waals surface area contributed by atoms with E-state index in [-0.39, 0.29) is 0 Å². The molecular weight excluding hydrogens is 204 g/mol. The molecule has 0 atom stereocenters. The van der Waals surface area contributed by atoms with Gasteiger partial charge in [-0.1, -0.05) is 0 Å². The first kappa shape index (κ1) is 8.53. The van der Waals surface area contributed by atoms with Crippen molar-refractivity contribution in [1.82, 2.24) is 4.98 Å². The minimum Gasteiger partial charge on any atom is -0.386 e. The summed E-state index contributed by atoms with van der Waals surface area (Å²) in [6, 6.07) is 2.05. The average Bonchev–Trinajstić information content (AvgIpc) is 1.85. The SMILES string of the molecule is CNc1c(C)cc(C)nc1Br. The van der Waals surface area contributed by atoms with E-state index in [0.29, 0.717) is 0 Å². The molecule has 0 saturated carbocycles. The van der Waals surface area contributed by atoms with Crippen molar-refractivity contribution in [1.29, 1.82) is 0 Å². The maximum atomic E-state index is 4.26. The summed E-state index contributed by atoms with van der Waals surface area (Å²) in [6.07, 6.45) is 0. The van der Waals surface area contributed by atoms with Crippen molar-refractivity contribution < 1.29 is 0 Å². The second kappa shape index (κ2) is 3.22. The summed E-state index contributed by atoms with van der Waals surface area (Å²) < 4.78 is 0.887. The second-order valence-electron chi connectivity index (χ2n) is 2.50. The van der Waals surface area contributed by atoms with Gasteiger partial charge < -0.3 is 5.32 Å². The molecule has 0 aliphatic carbocycles. The summed E-state index contributed by atoms with van der Waals surface area (Å²) in [4.78, 5) is 4.26. The van der Waals surface area contributed by atoms with E-state index in [4.69, 9.17) is 0 Å². The molecule has 0 aliphatic heterocycles. The lowest BCUT2D eigenvalue weighted by Gasteiger charge is -2.07. The number of nitrogens with zero attached hydrogens (tertiary/aromatic N) is 1. The predicted molar refractivity (Wildman–Crippen MR) is 51.0 cm³/mol. The molecule has 1 rings (SSSR count). The van der Waals surface area contributed by atoms with Crippen LogP contribution in [0.25, 0.3) is 0 Å². The van der Waals surface area contributed by atoms with Gasteiger partial charge in [0.05, 0.1) is 5.69 Å². The molecule has 0 amide bonds. The highest BCUT2D eigenvalue weighted by molar-refractivity contribution is 9.10. The highest BCUT2D eigenvalue weighted by Crippen LogP contribution is 2.23. The number of hydrogen-bond donors (Lipinski definition) is 1. The number of hydrogen-bond acceptors (Lipinski definition) is 2. The zero-order valence-corrected chi connectivity index (χ0v) is 8.49. The first-order chi connectivity index (χ1) is 5.15. The molecule has 2 nitrogen and oxygen atoms in total. The molecular formula is C8H11BrN2. The quantitative estimate of drug-likeness (QED) is 0.728. The Morgan fingerprint density at radius 3 is 2.55 bits per heavy atom. The van der Waals surface area contributed by atoms with Gasteiger partial charge in [-0.05, 0) is 41.4 Å². The Bertz CT molecular complexity index is 248. The normalized spacial score (nSPS) is 9.82. The predicted octanol–water partition coefficient (Wildman–Crippen LogP) is 2.50. The van der Waals surface area contributed by atoms with E-state index in [1.165, 1.54) is 5.56 Å². The monoisotopic (exact) mass is 214 g/mol. The summed E-state index contributed by atoms with van der Waals surface area (Å²) >= 11 is 3.38. The lowest BCUT2D eigenvalue weighted by atomic mass is 10.2. The molecule has 0 fully saturated rings. The molecule has 0 aliphatic rings. The molecule has 0 unspecified atom stereocenters. The number of halogens is 1. The van der Waals surface area contributed by atoms with Gasteiger partial charge in [-0.25, -0.2) is 4.98 Å². The minimum atomic E-state index is 0.887. The number of rotatable bonds is 1. The minimum absolute atomic E-state index is 0.887. The third-order valence-corrected chi connectivity index (χ3v) is 2.12. The van der Waals surface area contributed by atoms with E-state index in [0.717, 1.165) is 16.0 Å². The summed E-state index contributed by atoms with van der Waals surface area (Å²) in [6.45, 7) is 4.04. The summed E-state index contributed by atoms with van der Waals surface area (Å²) in [5.74, 6) is 0. The number of nitrogens with one attached hydrogen (secondary N) is 1. The lowest BCUT2D eigenvalue weighted by Crippen LogP contribution is -1.96. The average molecular weight is 215 g/mol. The lowest BCUT2D eigenvalue weighted by molar-refractivity contribution is 1.14. The van der Waals surface area contributed by atoms with Gasteiger partial charge in [-0.3, -0.25) is 0 Å². The molecule has 0 spiro atoms. The summed E-state index contributed by atoms with van der Waals surface area (Å²) in [7, 11) is 1.89. The van der Waals surface area contributed by atoms with Crippen molar-refractivity contribution in [3.8, 4) is 0 Å². The van der Waals surface area contributed by atoms with Crippen LogP contribution in [0.4, 0.5) is 5.69 Å². The standard InChI is InChI=1S/C8H11BrN2/c1-5-4-6(2)11-8(9)7(5)10-3/h4,10H,1-3H3. The van der Waals surface area contributed by atoms with Gasteiger partial charge in [0.25, 0.3) is 0 Å². The number of anilines is 1. The van der Waals surface area contributed by atoms with Crippen LogP contribution in [-0.2, 0) is 0 Å². The van der Waals surface area contributed by atoms with Crippen molar-refractivity contribution in [3.05, 3.63) is 21.9 Å². The maximum absolute atomic E-state index is 4.26. The third-order valence-electron chi connectivity index (χ3n) is 1.55. The zero-order valence-electron chi connectivity index (χ0n) is 6.90. The molecule has 0 bridgehead atoms. The van der Waals surface area contributed by atoms with Crippen LogP contribution in [0.1, 0.15) is 11.3 Å². The third kappa shape index (κ3) is 1.71. The number of pyridine rings is 1. The van der Waals surface area contributed by atoms with Crippen LogP contribution in [-0.4, -0.2) is 12.0 Å². The smallest absolute Gasteiger partial charge is 0.129 e. The van der Waals surface area contributed by atoms with Crippen LogP contribution in [0.3, 0.4) is 0 Å². The van der Waals surface area contributed by atoms with Gasteiger partial charge in [0.2, 0.25) is 0 Å². The first-order valence-corrected chi connectivity index (χ1v) is 4.26. The van der Waals surface area contributed by atoms with Crippen LogP contribution in [0, 0.1) is 13.8 Å². The summed E-state index contributed by atoms with van der Waals surface area (Å²) in [5, 5.41) is 3.08. The number of aromatic nitrogens is 1. The largest absolute Gasteiger partial charge is 0.386 e. The Balaban J connectivity index is 3.25. The Morgan fingerprint density at radius 1 is 1.45 bits per heavy atom. The van der Waals surface area contributed by atoms with E-state index < -0.39 is 0 Å². The Labute approximate surface area is 75.2 Å². The molecule has 0 saturated heterocycles. The molecule has 0 radical (unpaired) electrons. The van der Waals surface area contributed by atoms with E-state index in [1.807, 2.05) is 14.0 Å². The van der Waals surface area contributed by atoms with Crippen molar-refractivity contribution in [2.75, 3.05) is 12.4 Å². The molecule has 1 aromatic rings. The molecule has 3 heteroatoms. The van der Waals surface area contributed by atoms with Crippen LogP contribution in [0.15, 0.2) is 10.7 Å². The Morgan fingerprint density at radius 2 is 2.09 bits per heavy atom. The van der Waals surface area contributed by atoms with Gasteiger partial charge in [0, 0.05) is 12.7 Å². The molecule has 1 heterocycles. The molecule has 1 aromatic heterocycles. The van der Waals surface area contributed by atoms with Gasteiger partial charge in [0.1, 0.15) is 4.60 Å². The van der Waals surface area contributed by atoms with Crippen LogP contribution in [0.5, 0.6) is 0 Å². The fraction of sp³-hybridized carbons (Fsp3) is 0.375. The molecule has 60 valence electrons. The van der Waals surface area contributed by atoms with Gasteiger partial charge in [-0.2, -0.15) is 0 Å². The maximum Gasteiger partial charge on any atom is 0.129 e. The second-order valence-corrected chi connectivity index (χ2v) is 3.25. The van der Waals surface area contributed by atoms with E-state index in [2.05, 4.69) is 39.2 Å². The highest BCUT2D eigenvalue weighted by Gasteiger charge is 2.02. The van der Waals surface area contributed by atoms with Crippen molar-refractivity contribution in [2.45, 2.75) is 13.8 Å². The van der Waals surface area contributed by atoms with E-state index in [9.17, 15) is 0 Å². The van der Waals surface area contributed by atoms with E-state index in [1.54, 1.807) is 0 Å². The fourth-order valence-corrected chi connectivity index (χ4v) is 1.88. The zero-order chi connectivity index (χ0) is 8.43. The molecule has 0 aromatic carbocycles. The van der Waals surface area contributed by atoms with Crippen molar-refractivity contribution in [2.24, 2.45) is 0 Å². The van der Waals surface area contributed by atoms with Crippen molar-refractivity contribution in [3.63, 3.8) is 0 Å². The fourth-order valence-electron chi connectivity index (χ4n) is 1.09. The van der Waals surface area contributed by atoms with Crippen LogP contribution < -0.4 is 5.32 Å². The molecule has 11 heavy (non-hydrogen) atoms. The number of aryl methyl sites for hydroxylation is 2.